The fourth-order valence-electron chi connectivity index (χ4n) is 3.78. The first-order valence-electron chi connectivity index (χ1n) is 9.56. The van der Waals surface area contributed by atoms with Crippen LogP contribution < -0.4 is 16.0 Å². The third kappa shape index (κ3) is 5.45. The zero-order chi connectivity index (χ0) is 17.6. The molecule has 144 valence electrons. The number of aryl methyl sites for hydroxylation is 1. The van der Waals surface area contributed by atoms with Gasteiger partial charge in [0.15, 0.2) is 0 Å². The van der Waals surface area contributed by atoms with Crippen molar-refractivity contribution < 1.29 is 9.59 Å². The molecule has 0 bridgehead atoms. The highest BCUT2D eigenvalue weighted by Gasteiger charge is 2.22. The third-order valence-corrected chi connectivity index (χ3v) is 5.40. The molecular weight excluding hydrogens is 350 g/mol. The molecule has 1 aromatic carbocycles. The van der Waals surface area contributed by atoms with Gasteiger partial charge < -0.3 is 16.0 Å². The van der Waals surface area contributed by atoms with E-state index in [-0.39, 0.29) is 30.1 Å². The van der Waals surface area contributed by atoms with Crippen LogP contribution in [0.2, 0.25) is 0 Å². The van der Waals surface area contributed by atoms with Crippen molar-refractivity contribution in [3.05, 3.63) is 29.3 Å². The van der Waals surface area contributed by atoms with Crippen molar-refractivity contribution in [1.82, 2.24) is 10.6 Å². The average Bonchev–Trinajstić information content (AvgIpc) is 2.65. The molecule has 1 aliphatic carbocycles. The quantitative estimate of drug-likeness (QED) is 0.750. The van der Waals surface area contributed by atoms with Crippen molar-refractivity contribution in [3.63, 3.8) is 0 Å². The minimum absolute atomic E-state index is 0. The summed E-state index contributed by atoms with van der Waals surface area (Å²) in [5.41, 5.74) is 2.40. The van der Waals surface area contributed by atoms with Gasteiger partial charge >= 0.3 is 0 Å². The van der Waals surface area contributed by atoms with Crippen molar-refractivity contribution in [2.24, 2.45) is 5.92 Å². The highest BCUT2D eigenvalue weighted by molar-refractivity contribution is 5.97. The van der Waals surface area contributed by atoms with Crippen LogP contribution in [-0.2, 0) is 4.79 Å². The summed E-state index contributed by atoms with van der Waals surface area (Å²) in [4.78, 5) is 24.8. The van der Waals surface area contributed by atoms with Gasteiger partial charge in [-0.25, -0.2) is 0 Å². The summed E-state index contributed by atoms with van der Waals surface area (Å²) in [6.45, 7) is 3.74. The maximum atomic E-state index is 12.4. The van der Waals surface area contributed by atoms with Crippen LogP contribution in [0.4, 0.5) is 5.69 Å². The van der Waals surface area contributed by atoms with Crippen LogP contribution in [0.5, 0.6) is 0 Å². The molecular formula is C20H30ClN3O2. The maximum Gasteiger partial charge on any atom is 0.251 e. The fourth-order valence-corrected chi connectivity index (χ4v) is 3.78. The summed E-state index contributed by atoms with van der Waals surface area (Å²) in [5.74, 6) is 0.158. The topological polar surface area (TPSA) is 70.2 Å². The van der Waals surface area contributed by atoms with E-state index in [1.165, 1.54) is 19.3 Å². The molecule has 3 rings (SSSR count). The van der Waals surface area contributed by atoms with E-state index >= 15 is 0 Å². The van der Waals surface area contributed by atoms with Gasteiger partial charge in [0.2, 0.25) is 5.91 Å². The predicted molar refractivity (Wildman–Crippen MR) is 107 cm³/mol. The number of benzene rings is 1. The summed E-state index contributed by atoms with van der Waals surface area (Å²) in [6, 6.07) is 5.84. The molecule has 0 spiro atoms. The Labute approximate surface area is 162 Å². The van der Waals surface area contributed by atoms with Crippen molar-refractivity contribution >= 4 is 29.9 Å². The normalized spacial score (nSPS) is 18.7. The Balaban J connectivity index is 0.00000243. The van der Waals surface area contributed by atoms with Gasteiger partial charge in [0, 0.05) is 23.2 Å². The molecule has 2 aliphatic rings. The lowest BCUT2D eigenvalue weighted by Crippen LogP contribution is -2.36. The van der Waals surface area contributed by atoms with Gasteiger partial charge in [-0.1, -0.05) is 19.3 Å². The first kappa shape index (κ1) is 20.7. The lowest BCUT2D eigenvalue weighted by molar-refractivity contribution is -0.120. The molecule has 1 heterocycles. The van der Waals surface area contributed by atoms with Crippen molar-refractivity contribution in [1.29, 1.82) is 0 Å². The first-order chi connectivity index (χ1) is 12.1. The molecule has 6 heteroatoms. The summed E-state index contributed by atoms with van der Waals surface area (Å²) in [5, 5.41) is 9.44. The van der Waals surface area contributed by atoms with Gasteiger partial charge in [-0.05, 0) is 69.5 Å². The van der Waals surface area contributed by atoms with Gasteiger partial charge in [0.05, 0.1) is 0 Å². The Kier molecular flexibility index (Phi) is 7.91. The first-order valence-corrected chi connectivity index (χ1v) is 9.56. The van der Waals surface area contributed by atoms with Crippen molar-refractivity contribution in [2.75, 3.05) is 18.4 Å². The second-order valence-electron chi connectivity index (χ2n) is 7.35. The Morgan fingerprint density at radius 3 is 2.38 bits per heavy atom. The van der Waals surface area contributed by atoms with E-state index in [4.69, 9.17) is 0 Å². The fraction of sp³-hybridized carbons (Fsp3) is 0.600. The molecule has 1 saturated carbocycles. The maximum absolute atomic E-state index is 12.4. The number of halogens is 1. The molecule has 2 fully saturated rings. The molecule has 1 aliphatic heterocycles. The second-order valence-corrected chi connectivity index (χ2v) is 7.35. The summed E-state index contributed by atoms with van der Waals surface area (Å²) in [6.07, 6.45) is 7.60. The smallest absolute Gasteiger partial charge is 0.251 e. The van der Waals surface area contributed by atoms with Gasteiger partial charge in [0.1, 0.15) is 0 Å². The molecule has 2 amide bonds. The standard InChI is InChI=1S/C20H29N3O2.ClH/c1-14-13-16(20(25)22-17-5-3-2-4-6-17)7-8-18(14)23-19(24)15-9-11-21-12-10-15;/h7-8,13,15,17,21H,2-6,9-12H2,1H3,(H,22,25)(H,23,24);1H. The molecule has 0 unspecified atom stereocenters. The van der Waals surface area contributed by atoms with Crippen LogP contribution in [0.25, 0.3) is 0 Å². The number of nitrogens with one attached hydrogen (secondary N) is 3. The van der Waals surface area contributed by atoms with Gasteiger partial charge in [-0.15, -0.1) is 12.4 Å². The number of amides is 2. The molecule has 26 heavy (non-hydrogen) atoms. The lowest BCUT2D eigenvalue weighted by atomic mass is 9.95. The van der Waals surface area contributed by atoms with Crippen LogP contribution in [0.15, 0.2) is 18.2 Å². The molecule has 0 radical (unpaired) electrons. The monoisotopic (exact) mass is 379 g/mol. The van der Waals surface area contributed by atoms with Crippen LogP contribution in [-0.4, -0.2) is 30.9 Å². The van der Waals surface area contributed by atoms with Crippen molar-refractivity contribution in [3.8, 4) is 0 Å². The van der Waals surface area contributed by atoms with Gasteiger partial charge in [-0.3, -0.25) is 9.59 Å². The van der Waals surface area contributed by atoms with Crippen molar-refractivity contribution in [2.45, 2.75) is 57.9 Å². The molecule has 0 aromatic heterocycles. The van der Waals surface area contributed by atoms with E-state index in [1.54, 1.807) is 0 Å². The molecule has 1 aromatic rings. The van der Waals surface area contributed by atoms with E-state index in [0.717, 1.165) is 50.0 Å². The zero-order valence-corrected chi connectivity index (χ0v) is 16.3. The number of carbonyl (C=O) groups excluding carboxylic acids is 2. The van der Waals surface area contributed by atoms with Crippen LogP contribution >= 0.6 is 12.4 Å². The van der Waals surface area contributed by atoms with E-state index in [9.17, 15) is 9.59 Å². The van der Waals surface area contributed by atoms with Crippen LogP contribution in [0.1, 0.15) is 60.9 Å². The minimum atomic E-state index is -0.00812. The van der Waals surface area contributed by atoms with Gasteiger partial charge in [-0.2, -0.15) is 0 Å². The predicted octanol–water partition coefficient (Wildman–Crippen LogP) is 3.42. The number of carbonyl (C=O) groups is 2. The van der Waals surface area contributed by atoms with E-state index in [0.29, 0.717) is 11.6 Å². The Bertz CT molecular complexity index is 623. The van der Waals surface area contributed by atoms with E-state index < -0.39 is 0 Å². The SMILES string of the molecule is Cc1cc(C(=O)NC2CCCCC2)ccc1NC(=O)C1CCNCC1.Cl. The van der Waals surface area contributed by atoms with Crippen LogP contribution in [0.3, 0.4) is 0 Å². The molecule has 3 N–H and O–H groups in total. The molecule has 1 saturated heterocycles. The lowest BCUT2D eigenvalue weighted by Gasteiger charge is -2.23. The van der Waals surface area contributed by atoms with Crippen LogP contribution in [0, 0.1) is 12.8 Å². The van der Waals surface area contributed by atoms with Gasteiger partial charge in [0.25, 0.3) is 5.91 Å². The highest BCUT2D eigenvalue weighted by atomic mass is 35.5. The summed E-state index contributed by atoms with van der Waals surface area (Å²) in [7, 11) is 0. The average molecular weight is 380 g/mol. The summed E-state index contributed by atoms with van der Waals surface area (Å²) < 4.78 is 0. The third-order valence-electron chi connectivity index (χ3n) is 5.40. The Morgan fingerprint density at radius 1 is 1.04 bits per heavy atom. The second kappa shape index (κ2) is 9.93. The molecule has 0 atom stereocenters. The highest BCUT2D eigenvalue weighted by Crippen LogP contribution is 2.21. The summed E-state index contributed by atoms with van der Waals surface area (Å²) >= 11 is 0. The van der Waals surface area contributed by atoms with E-state index in [2.05, 4.69) is 16.0 Å². The molecule has 5 nitrogen and oxygen atoms in total. The van der Waals surface area contributed by atoms with E-state index in [1.807, 2.05) is 25.1 Å². The minimum Gasteiger partial charge on any atom is -0.349 e. The Hall–Kier alpha value is -1.59. The number of anilines is 1. The zero-order valence-electron chi connectivity index (χ0n) is 15.5. The number of rotatable bonds is 4. The number of piperidine rings is 1. The largest absolute Gasteiger partial charge is 0.349 e. The Morgan fingerprint density at radius 2 is 1.73 bits per heavy atom. The number of hydrogen-bond donors (Lipinski definition) is 3. The number of hydrogen-bond acceptors (Lipinski definition) is 3.